The minimum Gasteiger partial charge on any atom is -0.356 e. The van der Waals surface area contributed by atoms with Crippen molar-refractivity contribution in [2.75, 3.05) is 31.1 Å². The molecule has 3 aromatic rings. The number of piperidine rings is 1. The number of amides is 1. The number of anilines is 1. The van der Waals surface area contributed by atoms with Gasteiger partial charge in [-0.1, -0.05) is 0 Å². The van der Waals surface area contributed by atoms with Gasteiger partial charge in [-0.05, 0) is 56.4 Å². The van der Waals surface area contributed by atoms with Gasteiger partial charge in [0.1, 0.15) is 11.6 Å². The average Bonchev–Trinajstić information content (AvgIpc) is 3.43. The summed E-state index contributed by atoms with van der Waals surface area (Å²) < 4.78 is 0. The van der Waals surface area contributed by atoms with E-state index >= 15 is 0 Å². The third kappa shape index (κ3) is 3.57. The van der Waals surface area contributed by atoms with Gasteiger partial charge in [0.25, 0.3) is 0 Å². The van der Waals surface area contributed by atoms with Gasteiger partial charge in [0.2, 0.25) is 5.91 Å². The van der Waals surface area contributed by atoms with Crippen LogP contribution in [-0.4, -0.2) is 56.9 Å². The van der Waals surface area contributed by atoms with Crippen molar-refractivity contribution in [3.63, 3.8) is 0 Å². The standard InChI is InChI=1S/C22H26N6O/c1-15-11-17(13-23-12-15)20-24-18-6-7-19(25-21(18)26-20)28-10-4-5-16(14-28)22(29)27-8-2-3-9-27/h6-7,11-13,16H,2-5,8-10,14H2,1H3,(H,24,25,26)/t16-/m1/s1. The zero-order valence-corrected chi connectivity index (χ0v) is 16.8. The van der Waals surface area contributed by atoms with E-state index < -0.39 is 0 Å². The molecule has 0 aromatic carbocycles. The Bertz CT molecular complexity index is 1040. The number of imidazole rings is 1. The Morgan fingerprint density at radius 3 is 2.79 bits per heavy atom. The van der Waals surface area contributed by atoms with Crippen molar-refractivity contribution in [2.45, 2.75) is 32.6 Å². The lowest BCUT2D eigenvalue weighted by molar-refractivity contribution is -0.134. The van der Waals surface area contributed by atoms with Crippen molar-refractivity contribution >= 4 is 22.9 Å². The van der Waals surface area contributed by atoms with Crippen LogP contribution in [0.2, 0.25) is 0 Å². The molecule has 2 fully saturated rings. The number of carbonyl (C=O) groups is 1. The molecule has 2 aliphatic heterocycles. The molecule has 1 atom stereocenters. The van der Waals surface area contributed by atoms with Crippen LogP contribution in [0.25, 0.3) is 22.6 Å². The predicted octanol–water partition coefficient (Wildman–Crippen LogP) is 3.17. The van der Waals surface area contributed by atoms with E-state index in [4.69, 9.17) is 4.98 Å². The van der Waals surface area contributed by atoms with Crippen molar-refractivity contribution in [1.29, 1.82) is 0 Å². The molecule has 150 valence electrons. The number of hydrogen-bond acceptors (Lipinski definition) is 5. The van der Waals surface area contributed by atoms with Crippen LogP contribution in [0.3, 0.4) is 0 Å². The minimum atomic E-state index is 0.0764. The van der Waals surface area contributed by atoms with Gasteiger partial charge >= 0.3 is 0 Å². The Labute approximate surface area is 170 Å². The van der Waals surface area contributed by atoms with E-state index in [0.717, 1.165) is 80.1 Å². The van der Waals surface area contributed by atoms with E-state index in [1.165, 1.54) is 0 Å². The lowest BCUT2D eigenvalue weighted by atomic mass is 9.96. The number of aromatic amines is 1. The number of nitrogens with zero attached hydrogens (tertiary/aromatic N) is 5. The average molecular weight is 390 g/mol. The first-order chi connectivity index (χ1) is 14.2. The number of likely N-dealkylation sites (tertiary alicyclic amines) is 1. The van der Waals surface area contributed by atoms with Crippen molar-refractivity contribution in [3.05, 3.63) is 36.2 Å². The third-order valence-electron chi connectivity index (χ3n) is 5.99. The van der Waals surface area contributed by atoms with E-state index in [0.29, 0.717) is 11.6 Å². The topological polar surface area (TPSA) is 78.0 Å². The number of fused-ring (bicyclic) bond motifs is 1. The van der Waals surface area contributed by atoms with Crippen LogP contribution in [0.15, 0.2) is 30.6 Å². The number of H-pyrrole nitrogens is 1. The first-order valence-electron chi connectivity index (χ1n) is 10.5. The summed E-state index contributed by atoms with van der Waals surface area (Å²) >= 11 is 0. The maximum atomic E-state index is 12.8. The van der Waals surface area contributed by atoms with Crippen LogP contribution in [0.5, 0.6) is 0 Å². The molecule has 0 radical (unpaired) electrons. The smallest absolute Gasteiger partial charge is 0.227 e. The molecule has 0 bridgehead atoms. The van der Waals surface area contributed by atoms with Crippen LogP contribution in [0.1, 0.15) is 31.2 Å². The van der Waals surface area contributed by atoms with Gasteiger partial charge in [0.15, 0.2) is 5.65 Å². The Kier molecular flexibility index (Phi) is 4.66. The number of hydrogen-bond donors (Lipinski definition) is 1. The summed E-state index contributed by atoms with van der Waals surface area (Å²) in [5, 5.41) is 0. The van der Waals surface area contributed by atoms with Crippen LogP contribution < -0.4 is 4.90 Å². The van der Waals surface area contributed by atoms with Gasteiger partial charge in [-0.2, -0.15) is 0 Å². The highest BCUT2D eigenvalue weighted by Gasteiger charge is 2.31. The second kappa shape index (κ2) is 7.46. The third-order valence-corrected chi connectivity index (χ3v) is 5.99. The lowest BCUT2D eigenvalue weighted by Gasteiger charge is -2.34. The second-order valence-corrected chi connectivity index (χ2v) is 8.19. The van der Waals surface area contributed by atoms with Crippen molar-refractivity contribution in [2.24, 2.45) is 5.92 Å². The molecule has 2 saturated heterocycles. The molecule has 0 spiro atoms. The van der Waals surface area contributed by atoms with Crippen LogP contribution in [0.4, 0.5) is 5.82 Å². The van der Waals surface area contributed by atoms with E-state index in [1.807, 2.05) is 36.4 Å². The molecule has 29 heavy (non-hydrogen) atoms. The summed E-state index contributed by atoms with van der Waals surface area (Å²) in [5.41, 5.74) is 3.66. The molecular weight excluding hydrogens is 364 g/mol. The number of aryl methyl sites for hydroxylation is 1. The van der Waals surface area contributed by atoms with Crippen LogP contribution in [0, 0.1) is 12.8 Å². The number of aromatic nitrogens is 4. The lowest BCUT2D eigenvalue weighted by Crippen LogP contribution is -2.44. The molecule has 1 amide bonds. The fraction of sp³-hybridized carbons (Fsp3) is 0.455. The molecule has 5 rings (SSSR count). The van der Waals surface area contributed by atoms with Crippen molar-refractivity contribution in [3.8, 4) is 11.4 Å². The zero-order valence-electron chi connectivity index (χ0n) is 16.8. The summed E-state index contributed by atoms with van der Waals surface area (Å²) in [7, 11) is 0. The predicted molar refractivity (Wildman–Crippen MR) is 113 cm³/mol. The number of rotatable bonds is 3. The largest absolute Gasteiger partial charge is 0.356 e. The van der Waals surface area contributed by atoms with Gasteiger partial charge in [-0.3, -0.25) is 9.78 Å². The maximum absolute atomic E-state index is 12.8. The van der Waals surface area contributed by atoms with Gasteiger partial charge in [-0.15, -0.1) is 0 Å². The molecule has 5 heterocycles. The molecule has 0 aliphatic carbocycles. The van der Waals surface area contributed by atoms with Crippen molar-refractivity contribution in [1.82, 2.24) is 24.8 Å². The second-order valence-electron chi connectivity index (χ2n) is 8.19. The number of pyridine rings is 2. The van der Waals surface area contributed by atoms with Crippen LogP contribution in [-0.2, 0) is 4.79 Å². The monoisotopic (exact) mass is 390 g/mol. The minimum absolute atomic E-state index is 0.0764. The van der Waals surface area contributed by atoms with Crippen LogP contribution >= 0.6 is 0 Å². The molecule has 2 aliphatic rings. The van der Waals surface area contributed by atoms with Crippen molar-refractivity contribution < 1.29 is 4.79 Å². The van der Waals surface area contributed by atoms with E-state index in [2.05, 4.69) is 25.9 Å². The SMILES string of the molecule is Cc1cncc(-c2nc3nc(N4CCC[C@@H](C(=O)N5CCCC5)C4)ccc3[nH]2)c1. The summed E-state index contributed by atoms with van der Waals surface area (Å²) in [6.07, 6.45) is 7.91. The number of carbonyl (C=O) groups excluding carboxylic acids is 1. The molecule has 7 heteroatoms. The summed E-state index contributed by atoms with van der Waals surface area (Å²) in [6.45, 7) is 5.53. The summed E-state index contributed by atoms with van der Waals surface area (Å²) in [5.74, 6) is 2.08. The number of nitrogens with one attached hydrogen (secondary N) is 1. The highest BCUT2D eigenvalue weighted by atomic mass is 16.2. The molecule has 3 aromatic heterocycles. The van der Waals surface area contributed by atoms with Gasteiger partial charge < -0.3 is 14.8 Å². The quantitative estimate of drug-likeness (QED) is 0.743. The fourth-order valence-corrected chi connectivity index (χ4v) is 4.46. The normalized spacial score (nSPS) is 19.8. The summed E-state index contributed by atoms with van der Waals surface area (Å²) in [4.78, 5) is 34.2. The van der Waals surface area contributed by atoms with Gasteiger partial charge in [0.05, 0.1) is 11.4 Å². The maximum Gasteiger partial charge on any atom is 0.227 e. The first kappa shape index (κ1) is 18.1. The Morgan fingerprint density at radius 2 is 1.97 bits per heavy atom. The van der Waals surface area contributed by atoms with E-state index in [9.17, 15) is 4.79 Å². The Balaban J connectivity index is 1.37. The van der Waals surface area contributed by atoms with Gasteiger partial charge in [0, 0.05) is 44.1 Å². The van der Waals surface area contributed by atoms with E-state index in [-0.39, 0.29) is 5.92 Å². The summed E-state index contributed by atoms with van der Waals surface area (Å²) in [6, 6.07) is 6.12. The Morgan fingerprint density at radius 1 is 1.10 bits per heavy atom. The molecule has 0 saturated carbocycles. The first-order valence-corrected chi connectivity index (χ1v) is 10.5. The highest BCUT2D eigenvalue weighted by molar-refractivity contribution is 5.80. The molecule has 1 N–H and O–H groups in total. The zero-order chi connectivity index (χ0) is 19.8. The Hall–Kier alpha value is -2.96. The fourth-order valence-electron chi connectivity index (χ4n) is 4.46. The molecular formula is C22H26N6O. The van der Waals surface area contributed by atoms with Gasteiger partial charge in [-0.25, -0.2) is 9.97 Å². The molecule has 0 unspecified atom stereocenters. The molecule has 7 nitrogen and oxygen atoms in total. The highest BCUT2D eigenvalue weighted by Crippen LogP contribution is 2.27. The van der Waals surface area contributed by atoms with E-state index in [1.54, 1.807) is 0 Å².